The molecule has 1 rings (SSSR count). The van der Waals surface area contributed by atoms with E-state index in [1.165, 1.54) is 0 Å². The van der Waals surface area contributed by atoms with E-state index in [1.54, 1.807) is 23.3 Å². The Kier molecular flexibility index (Phi) is 5.31. The molecule has 16 heavy (non-hydrogen) atoms. The number of nitrogens with zero attached hydrogens (tertiary/aromatic N) is 1. The molecule has 1 aromatic heterocycles. The third-order valence-corrected chi connectivity index (χ3v) is 3.36. The smallest absolute Gasteiger partial charge is 0.251 e. The lowest BCUT2D eigenvalue weighted by atomic mass is 9.99. The molecule has 2 unspecified atom stereocenters. The maximum absolute atomic E-state index is 12.4. The Morgan fingerprint density at radius 1 is 1.50 bits per heavy atom. The van der Waals surface area contributed by atoms with Crippen LogP contribution in [0.1, 0.15) is 24.9 Å². The van der Waals surface area contributed by atoms with Gasteiger partial charge in [-0.25, -0.2) is 8.78 Å². The van der Waals surface area contributed by atoms with Gasteiger partial charge in [-0.2, -0.15) is 11.3 Å². The number of hydrogen-bond acceptors (Lipinski definition) is 3. The topological polar surface area (TPSA) is 29.3 Å². The van der Waals surface area contributed by atoms with Crippen LogP contribution in [-0.4, -0.2) is 31.0 Å². The summed E-state index contributed by atoms with van der Waals surface area (Å²) in [6, 6.07) is 1.72. The molecule has 0 aliphatic rings. The van der Waals surface area contributed by atoms with Crippen molar-refractivity contribution in [2.24, 2.45) is 5.73 Å². The Labute approximate surface area is 99.1 Å². The van der Waals surface area contributed by atoms with Crippen molar-refractivity contribution in [3.8, 4) is 0 Å². The summed E-state index contributed by atoms with van der Waals surface area (Å²) in [7, 11) is 1.70. The van der Waals surface area contributed by atoms with Gasteiger partial charge >= 0.3 is 0 Å². The largest absolute Gasteiger partial charge is 0.326 e. The molecule has 92 valence electrons. The van der Waals surface area contributed by atoms with E-state index in [2.05, 4.69) is 0 Å². The van der Waals surface area contributed by atoms with Crippen LogP contribution >= 0.6 is 11.3 Å². The van der Waals surface area contributed by atoms with Crippen LogP contribution in [0.4, 0.5) is 8.78 Å². The van der Waals surface area contributed by atoms with Crippen molar-refractivity contribution in [1.29, 1.82) is 0 Å². The zero-order valence-corrected chi connectivity index (χ0v) is 10.4. The van der Waals surface area contributed by atoms with Gasteiger partial charge in [0.1, 0.15) is 0 Å². The predicted molar refractivity (Wildman–Crippen MR) is 64.0 cm³/mol. The molecule has 0 saturated heterocycles. The molecule has 0 aromatic carbocycles. The first-order valence-electron chi connectivity index (χ1n) is 5.32. The molecule has 1 aromatic rings. The quantitative estimate of drug-likeness (QED) is 0.838. The second-order valence-corrected chi connectivity index (χ2v) is 4.68. The Morgan fingerprint density at radius 2 is 2.19 bits per heavy atom. The summed E-state index contributed by atoms with van der Waals surface area (Å²) in [5.74, 6) is 0. The zero-order valence-electron chi connectivity index (χ0n) is 9.57. The first-order valence-corrected chi connectivity index (χ1v) is 6.26. The molecule has 0 amide bonds. The third kappa shape index (κ3) is 3.50. The van der Waals surface area contributed by atoms with E-state index in [0.29, 0.717) is 0 Å². The fourth-order valence-corrected chi connectivity index (χ4v) is 2.52. The second-order valence-electron chi connectivity index (χ2n) is 3.90. The molecule has 0 aliphatic heterocycles. The molecule has 2 atom stereocenters. The normalized spacial score (nSPS) is 15.7. The molecule has 0 bridgehead atoms. The first-order chi connectivity index (χ1) is 7.56. The fraction of sp³-hybridized carbons (Fsp3) is 0.636. The molecule has 0 radical (unpaired) electrons. The number of alkyl halides is 2. The molecular formula is C11H18F2N2S. The third-order valence-electron chi connectivity index (χ3n) is 2.66. The highest BCUT2D eigenvalue weighted by Crippen LogP contribution is 2.26. The lowest BCUT2D eigenvalue weighted by molar-refractivity contribution is 0.0736. The van der Waals surface area contributed by atoms with Gasteiger partial charge in [0.25, 0.3) is 6.43 Å². The maximum Gasteiger partial charge on any atom is 0.251 e. The minimum atomic E-state index is -2.32. The number of rotatable bonds is 6. The highest BCUT2D eigenvalue weighted by Gasteiger charge is 2.25. The van der Waals surface area contributed by atoms with Gasteiger partial charge in [0, 0.05) is 6.04 Å². The fourth-order valence-electron chi connectivity index (χ4n) is 1.83. The molecule has 0 saturated carbocycles. The van der Waals surface area contributed by atoms with Crippen molar-refractivity contribution in [1.82, 2.24) is 4.90 Å². The van der Waals surface area contributed by atoms with Crippen LogP contribution in [-0.2, 0) is 0 Å². The molecular weight excluding hydrogens is 230 g/mol. The van der Waals surface area contributed by atoms with E-state index >= 15 is 0 Å². The molecule has 0 aliphatic carbocycles. The monoisotopic (exact) mass is 248 g/mol. The van der Waals surface area contributed by atoms with Gasteiger partial charge in [-0.3, -0.25) is 4.90 Å². The van der Waals surface area contributed by atoms with Gasteiger partial charge in [-0.05, 0) is 35.9 Å². The van der Waals surface area contributed by atoms with Crippen LogP contribution in [0.15, 0.2) is 16.8 Å². The van der Waals surface area contributed by atoms with Gasteiger partial charge in [0.15, 0.2) is 0 Å². The molecule has 1 heterocycles. The van der Waals surface area contributed by atoms with Gasteiger partial charge < -0.3 is 5.73 Å². The van der Waals surface area contributed by atoms with Crippen molar-refractivity contribution in [3.05, 3.63) is 22.4 Å². The van der Waals surface area contributed by atoms with Gasteiger partial charge in [-0.1, -0.05) is 6.92 Å². The van der Waals surface area contributed by atoms with Crippen molar-refractivity contribution < 1.29 is 8.78 Å². The maximum atomic E-state index is 12.4. The van der Waals surface area contributed by atoms with E-state index in [4.69, 9.17) is 5.73 Å². The van der Waals surface area contributed by atoms with Crippen molar-refractivity contribution in [3.63, 3.8) is 0 Å². The SMILES string of the molecule is CCC(N)C(c1ccsc1)N(C)CC(F)F. The minimum Gasteiger partial charge on any atom is -0.326 e. The number of nitrogens with two attached hydrogens (primary N) is 1. The van der Waals surface area contributed by atoms with Crippen molar-refractivity contribution in [2.45, 2.75) is 31.9 Å². The Hall–Kier alpha value is -0.520. The van der Waals surface area contributed by atoms with Crippen LogP contribution in [0.5, 0.6) is 0 Å². The van der Waals surface area contributed by atoms with Gasteiger partial charge in [0.05, 0.1) is 12.6 Å². The van der Waals surface area contributed by atoms with E-state index in [-0.39, 0.29) is 18.6 Å². The van der Waals surface area contributed by atoms with Crippen LogP contribution in [0.3, 0.4) is 0 Å². The summed E-state index contributed by atoms with van der Waals surface area (Å²) >= 11 is 1.56. The average Bonchev–Trinajstić information content (AvgIpc) is 2.69. The molecule has 0 fully saturated rings. The molecule has 5 heteroatoms. The number of likely N-dealkylation sites (N-methyl/N-ethyl adjacent to an activating group) is 1. The lowest BCUT2D eigenvalue weighted by Crippen LogP contribution is -2.40. The summed E-state index contributed by atoms with van der Waals surface area (Å²) < 4.78 is 24.7. The Morgan fingerprint density at radius 3 is 2.62 bits per heavy atom. The van der Waals surface area contributed by atoms with Crippen LogP contribution in [0.25, 0.3) is 0 Å². The first kappa shape index (κ1) is 13.5. The molecule has 2 N–H and O–H groups in total. The van der Waals surface area contributed by atoms with Crippen molar-refractivity contribution in [2.75, 3.05) is 13.6 Å². The van der Waals surface area contributed by atoms with E-state index in [1.807, 2.05) is 23.8 Å². The van der Waals surface area contributed by atoms with Crippen molar-refractivity contribution >= 4 is 11.3 Å². The lowest BCUT2D eigenvalue weighted by Gasteiger charge is -2.31. The zero-order chi connectivity index (χ0) is 12.1. The van der Waals surface area contributed by atoms with Gasteiger partial charge in [0.2, 0.25) is 0 Å². The minimum absolute atomic E-state index is 0.113. The summed E-state index contributed by atoms with van der Waals surface area (Å²) in [5.41, 5.74) is 7.03. The number of hydrogen-bond donors (Lipinski definition) is 1. The standard InChI is InChI=1S/C11H18F2N2S/c1-3-9(14)11(8-4-5-16-7-8)15(2)6-10(12)13/h4-5,7,9-11H,3,6,14H2,1-2H3. The van der Waals surface area contributed by atoms with Gasteiger partial charge in [-0.15, -0.1) is 0 Å². The highest BCUT2D eigenvalue weighted by atomic mass is 32.1. The summed E-state index contributed by atoms with van der Waals surface area (Å²) in [6.07, 6.45) is -1.55. The summed E-state index contributed by atoms with van der Waals surface area (Å²) in [6.45, 7) is 1.73. The Balaban J connectivity index is 2.79. The number of thiophene rings is 1. The van der Waals surface area contributed by atoms with Crippen LogP contribution in [0.2, 0.25) is 0 Å². The Bertz CT molecular complexity index is 290. The molecule has 2 nitrogen and oxygen atoms in total. The van der Waals surface area contributed by atoms with E-state index in [0.717, 1.165) is 12.0 Å². The van der Waals surface area contributed by atoms with E-state index < -0.39 is 6.43 Å². The second kappa shape index (κ2) is 6.27. The summed E-state index contributed by atoms with van der Waals surface area (Å²) in [4.78, 5) is 1.64. The summed E-state index contributed by atoms with van der Waals surface area (Å²) in [5, 5.41) is 3.92. The van der Waals surface area contributed by atoms with Crippen LogP contribution in [0, 0.1) is 0 Å². The van der Waals surface area contributed by atoms with Crippen LogP contribution < -0.4 is 5.73 Å². The molecule has 0 spiro atoms. The number of halogens is 2. The predicted octanol–water partition coefficient (Wildman–Crippen LogP) is 2.72. The van der Waals surface area contributed by atoms with E-state index in [9.17, 15) is 8.78 Å². The highest BCUT2D eigenvalue weighted by molar-refractivity contribution is 7.07. The average molecular weight is 248 g/mol.